The Morgan fingerprint density at radius 1 is 1.23 bits per heavy atom. The molecule has 0 bridgehead atoms. The molecular formula is C16H27Cl2N3O. The molecule has 4 nitrogen and oxygen atoms in total. The normalized spacial score (nSPS) is 15.1. The summed E-state index contributed by atoms with van der Waals surface area (Å²) in [5, 5.41) is 0. The number of carbonyl (C=O) groups is 1. The lowest BCUT2D eigenvalue weighted by molar-refractivity contribution is -0.131. The Kier molecular flexibility index (Phi) is 10.4. The van der Waals surface area contributed by atoms with Gasteiger partial charge in [-0.2, -0.15) is 0 Å². The minimum Gasteiger partial charge on any atom is -0.342 e. The van der Waals surface area contributed by atoms with Crippen molar-refractivity contribution >= 4 is 30.7 Å². The van der Waals surface area contributed by atoms with Crippen molar-refractivity contribution in [2.45, 2.75) is 19.4 Å². The highest BCUT2D eigenvalue weighted by Crippen LogP contribution is 2.18. The highest BCUT2D eigenvalue weighted by molar-refractivity contribution is 5.85. The topological polar surface area (TPSA) is 49.6 Å². The van der Waals surface area contributed by atoms with Crippen LogP contribution in [0.25, 0.3) is 0 Å². The highest BCUT2D eigenvalue weighted by atomic mass is 35.5. The number of piperidine rings is 1. The van der Waals surface area contributed by atoms with E-state index >= 15 is 0 Å². The van der Waals surface area contributed by atoms with E-state index in [1.54, 1.807) is 0 Å². The van der Waals surface area contributed by atoms with E-state index in [2.05, 4.69) is 36.2 Å². The van der Waals surface area contributed by atoms with Crippen LogP contribution in [0.15, 0.2) is 30.3 Å². The lowest BCUT2D eigenvalue weighted by atomic mass is 9.96. The van der Waals surface area contributed by atoms with Crippen molar-refractivity contribution in [2.24, 2.45) is 11.7 Å². The van der Waals surface area contributed by atoms with Gasteiger partial charge in [0, 0.05) is 26.2 Å². The number of benzene rings is 1. The van der Waals surface area contributed by atoms with Gasteiger partial charge < -0.3 is 15.5 Å². The Bertz CT molecular complexity index is 423. The number of rotatable bonds is 5. The summed E-state index contributed by atoms with van der Waals surface area (Å²) in [6.07, 6.45) is 2.18. The third-order valence-electron chi connectivity index (χ3n) is 4.01. The number of hydrogen-bond donors (Lipinski definition) is 1. The largest absolute Gasteiger partial charge is 0.342 e. The zero-order valence-corrected chi connectivity index (χ0v) is 14.7. The van der Waals surface area contributed by atoms with Crippen molar-refractivity contribution in [3.05, 3.63) is 35.9 Å². The number of hydrogen-bond acceptors (Lipinski definition) is 3. The Hall–Kier alpha value is -0.810. The number of nitrogens with zero attached hydrogens (tertiary/aromatic N) is 2. The molecule has 1 heterocycles. The summed E-state index contributed by atoms with van der Waals surface area (Å²) in [6, 6.07) is 10.5. The predicted octanol–water partition coefficient (Wildman–Crippen LogP) is 2.16. The van der Waals surface area contributed by atoms with Gasteiger partial charge in [-0.3, -0.25) is 4.79 Å². The molecular weight excluding hydrogens is 321 g/mol. The summed E-state index contributed by atoms with van der Waals surface area (Å²) in [7, 11) is 2.17. The molecule has 0 radical (unpaired) electrons. The summed E-state index contributed by atoms with van der Waals surface area (Å²) in [6.45, 7) is 3.95. The molecule has 2 rings (SSSR count). The Morgan fingerprint density at radius 3 is 2.36 bits per heavy atom. The molecule has 2 N–H and O–H groups in total. The Labute approximate surface area is 145 Å². The molecule has 0 aliphatic carbocycles. The van der Waals surface area contributed by atoms with E-state index in [0.29, 0.717) is 5.92 Å². The fraction of sp³-hybridized carbons (Fsp3) is 0.562. The molecule has 126 valence electrons. The minimum absolute atomic E-state index is 0. The van der Waals surface area contributed by atoms with E-state index < -0.39 is 0 Å². The number of nitrogens with two attached hydrogens (primary N) is 1. The van der Waals surface area contributed by atoms with E-state index in [1.165, 1.54) is 5.56 Å². The molecule has 0 spiro atoms. The van der Waals surface area contributed by atoms with Gasteiger partial charge in [0.25, 0.3) is 0 Å². The van der Waals surface area contributed by atoms with Gasteiger partial charge in [0.05, 0.1) is 6.54 Å². The molecule has 1 fully saturated rings. The molecule has 22 heavy (non-hydrogen) atoms. The predicted molar refractivity (Wildman–Crippen MR) is 95.6 cm³/mol. The summed E-state index contributed by atoms with van der Waals surface area (Å²) < 4.78 is 0. The molecule has 6 heteroatoms. The first kappa shape index (κ1) is 21.2. The van der Waals surface area contributed by atoms with Crippen molar-refractivity contribution in [3.63, 3.8) is 0 Å². The number of carbonyl (C=O) groups excluding carboxylic acids is 1. The molecule has 0 aromatic heterocycles. The van der Waals surface area contributed by atoms with E-state index in [-0.39, 0.29) is 37.3 Å². The number of halogens is 2. The van der Waals surface area contributed by atoms with Gasteiger partial charge in [-0.1, -0.05) is 30.3 Å². The summed E-state index contributed by atoms with van der Waals surface area (Å²) in [5.41, 5.74) is 6.76. The van der Waals surface area contributed by atoms with Crippen LogP contribution in [0.3, 0.4) is 0 Å². The summed E-state index contributed by atoms with van der Waals surface area (Å²) >= 11 is 0. The van der Waals surface area contributed by atoms with Gasteiger partial charge in [-0.25, -0.2) is 0 Å². The molecule has 1 aliphatic heterocycles. The number of likely N-dealkylation sites (tertiary alicyclic amines) is 1. The first-order valence-corrected chi connectivity index (χ1v) is 7.39. The van der Waals surface area contributed by atoms with Crippen molar-refractivity contribution in [1.82, 2.24) is 9.80 Å². The molecule has 0 unspecified atom stereocenters. The number of amides is 1. The van der Waals surface area contributed by atoms with Gasteiger partial charge in [0.15, 0.2) is 0 Å². The molecule has 1 saturated heterocycles. The van der Waals surface area contributed by atoms with Crippen LogP contribution >= 0.6 is 24.8 Å². The maximum atomic E-state index is 11.5. The Balaban J connectivity index is 0.00000220. The lowest BCUT2D eigenvalue weighted by Gasteiger charge is -2.33. The first-order chi connectivity index (χ1) is 9.69. The average Bonchev–Trinajstić information content (AvgIpc) is 2.48. The third kappa shape index (κ3) is 6.53. The van der Waals surface area contributed by atoms with Crippen LogP contribution in [0.5, 0.6) is 0 Å². The first-order valence-electron chi connectivity index (χ1n) is 7.39. The monoisotopic (exact) mass is 347 g/mol. The smallest absolute Gasteiger partial charge is 0.236 e. The SMILES string of the molecule is CN(Cc1ccccc1)CC1CCN(C(=O)CN)CC1.Cl.Cl. The second kappa shape index (κ2) is 10.8. The van der Waals surface area contributed by atoms with E-state index in [9.17, 15) is 4.79 Å². The van der Waals surface area contributed by atoms with Crippen molar-refractivity contribution in [2.75, 3.05) is 33.2 Å². The van der Waals surface area contributed by atoms with E-state index in [4.69, 9.17) is 5.73 Å². The quantitative estimate of drug-likeness (QED) is 0.887. The van der Waals surface area contributed by atoms with Crippen molar-refractivity contribution in [3.8, 4) is 0 Å². The molecule has 1 aromatic rings. The summed E-state index contributed by atoms with van der Waals surface area (Å²) in [4.78, 5) is 15.8. The average molecular weight is 348 g/mol. The van der Waals surface area contributed by atoms with Crippen LogP contribution in [0.4, 0.5) is 0 Å². The molecule has 1 aliphatic rings. The summed E-state index contributed by atoms with van der Waals surface area (Å²) in [5.74, 6) is 0.770. The maximum absolute atomic E-state index is 11.5. The zero-order valence-electron chi connectivity index (χ0n) is 13.1. The molecule has 0 atom stereocenters. The van der Waals surface area contributed by atoms with Crippen LogP contribution in [0, 0.1) is 5.92 Å². The second-order valence-corrected chi connectivity index (χ2v) is 5.71. The minimum atomic E-state index is 0. The molecule has 1 amide bonds. The van der Waals surface area contributed by atoms with Crippen molar-refractivity contribution < 1.29 is 4.79 Å². The standard InChI is InChI=1S/C16H25N3O.2ClH/c1-18(12-14-5-3-2-4-6-14)13-15-7-9-19(10-8-15)16(20)11-17;;/h2-6,15H,7-13,17H2,1H3;2*1H. The highest BCUT2D eigenvalue weighted by Gasteiger charge is 2.22. The van der Waals surface area contributed by atoms with Crippen LogP contribution in [0.2, 0.25) is 0 Å². The van der Waals surface area contributed by atoms with Crippen molar-refractivity contribution in [1.29, 1.82) is 0 Å². The van der Waals surface area contributed by atoms with E-state index in [0.717, 1.165) is 39.0 Å². The molecule has 1 aromatic carbocycles. The fourth-order valence-corrected chi connectivity index (χ4v) is 2.89. The van der Waals surface area contributed by atoms with E-state index in [1.807, 2.05) is 11.0 Å². The maximum Gasteiger partial charge on any atom is 0.236 e. The third-order valence-corrected chi connectivity index (χ3v) is 4.01. The fourth-order valence-electron chi connectivity index (χ4n) is 2.89. The van der Waals surface area contributed by atoms with Gasteiger partial charge in [0.2, 0.25) is 5.91 Å². The van der Waals surface area contributed by atoms with Gasteiger partial charge in [-0.15, -0.1) is 24.8 Å². The van der Waals surface area contributed by atoms with Crippen LogP contribution in [-0.4, -0.2) is 48.9 Å². The van der Waals surface area contributed by atoms with Crippen LogP contribution in [-0.2, 0) is 11.3 Å². The van der Waals surface area contributed by atoms with Crippen LogP contribution in [0.1, 0.15) is 18.4 Å². The van der Waals surface area contributed by atoms with Gasteiger partial charge in [-0.05, 0) is 31.4 Å². The van der Waals surface area contributed by atoms with Crippen LogP contribution < -0.4 is 5.73 Å². The second-order valence-electron chi connectivity index (χ2n) is 5.71. The lowest BCUT2D eigenvalue weighted by Crippen LogP contribution is -2.43. The van der Waals surface area contributed by atoms with Gasteiger partial charge in [0.1, 0.15) is 0 Å². The van der Waals surface area contributed by atoms with Gasteiger partial charge >= 0.3 is 0 Å². The Morgan fingerprint density at radius 2 is 1.82 bits per heavy atom. The zero-order chi connectivity index (χ0) is 14.4. The molecule has 0 saturated carbocycles.